The van der Waals surface area contributed by atoms with Crippen LogP contribution in [-0.2, 0) is 15.0 Å². The molecule has 0 aliphatic heterocycles. The lowest BCUT2D eigenvalue weighted by Crippen LogP contribution is -2.45. The van der Waals surface area contributed by atoms with Crippen molar-refractivity contribution >= 4 is 23.5 Å². The lowest BCUT2D eigenvalue weighted by Gasteiger charge is -2.29. The molecule has 2 aliphatic rings. The molecule has 2 aliphatic carbocycles. The van der Waals surface area contributed by atoms with E-state index >= 15 is 0 Å². The van der Waals surface area contributed by atoms with Gasteiger partial charge in [0.1, 0.15) is 0 Å². The zero-order chi connectivity index (χ0) is 15.8. The average molecular weight is 322 g/mol. The maximum Gasteiger partial charge on any atom is 0.311 e. The van der Waals surface area contributed by atoms with E-state index in [0.717, 1.165) is 31.2 Å². The maximum atomic E-state index is 12.8. The Kier molecular flexibility index (Phi) is 3.89. The summed E-state index contributed by atoms with van der Waals surface area (Å²) in [6.45, 7) is 0.233. The zero-order valence-corrected chi connectivity index (χ0v) is 13.2. The second-order valence-corrected chi connectivity index (χ2v) is 7.00. The smallest absolute Gasteiger partial charge is 0.311 e. The van der Waals surface area contributed by atoms with Gasteiger partial charge in [-0.2, -0.15) is 0 Å². The van der Waals surface area contributed by atoms with Crippen molar-refractivity contribution in [3.8, 4) is 0 Å². The monoisotopic (exact) mass is 321 g/mol. The second-order valence-electron chi connectivity index (χ2n) is 6.56. The first-order valence-corrected chi connectivity index (χ1v) is 8.14. The van der Waals surface area contributed by atoms with Crippen molar-refractivity contribution in [1.29, 1.82) is 0 Å². The summed E-state index contributed by atoms with van der Waals surface area (Å²) < 4.78 is 0. The molecule has 0 aromatic heterocycles. The molecule has 0 unspecified atom stereocenters. The number of carboxylic acids is 1. The molecule has 0 saturated heterocycles. The Morgan fingerprint density at radius 2 is 1.68 bits per heavy atom. The predicted molar refractivity (Wildman–Crippen MR) is 83.9 cm³/mol. The van der Waals surface area contributed by atoms with Crippen molar-refractivity contribution in [2.24, 2.45) is 5.41 Å². The molecule has 5 heteroatoms. The number of benzene rings is 1. The first-order valence-electron chi connectivity index (χ1n) is 7.76. The van der Waals surface area contributed by atoms with Crippen LogP contribution in [0.5, 0.6) is 0 Å². The Bertz CT molecular complexity index is 586. The maximum absolute atomic E-state index is 12.8. The van der Waals surface area contributed by atoms with Gasteiger partial charge in [-0.1, -0.05) is 36.6 Å². The van der Waals surface area contributed by atoms with Gasteiger partial charge in [-0.25, -0.2) is 0 Å². The van der Waals surface area contributed by atoms with Crippen LogP contribution in [0.3, 0.4) is 0 Å². The second kappa shape index (κ2) is 5.58. The largest absolute Gasteiger partial charge is 0.481 e. The number of carbonyl (C=O) groups excluding carboxylic acids is 1. The summed E-state index contributed by atoms with van der Waals surface area (Å²) in [4.78, 5) is 24.1. The van der Waals surface area contributed by atoms with Crippen LogP contribution in [0.25, 0.3) is 0 Å². The topological polar surface area (TPSA) is 66.4 Å². The van der Waals surface area contributed by atoms with Gasteiger partial charge in [0, 0.05) is 11.6 Å². The van der Waals surface area contributed by atoms with Gasteiger partial charge < -0.3 is 10.4 Å². The lowest BCUT2D eigenvalue weighted by atomic mass is 9.78. The summed E-state index contributed by atoms with van der Waals surface area (Å²) in [7, 11) is 0. The molecule has 22 heavy (non-hydrogen) atoms. The SMILES string of the molecule is O=C(O)C1(CNC(=O)C2(c3ccc(Cl)cc3)CCCC2)CC1. The van der Waals surface area contributed by atoms with Crippen LogP contribution in [-0.4, -0.2) is 23.5 Å². The summed E-state index contributed by atoms with van der Waals surface area (Å²) in [5.74, 6) is -0.848. The number of aliphatic carboxylic acids is 1. The number of amides is 1. The minimum absolute atomic E-state index is 0.0418. The third-order valence-electron chi connectivity index (χ3n) is 5.18. The normalized spacial score (nSPS) is 21.3. The number of hydrogen-bond acceptors (Lipinski definition) is 2. The van der Waals surface area contributed by atoms with E-state index in [1.54, 1.807) is 0 Å². The Morgan fingerprint density at radius 3 is 2.18 bits per heavy atom. The van der Waals surface area contributed by atoms with Crippen LogP contribution in [0.1, 0.15) is 44.1 Å². The molecule has 3 rings (SSSR count). The van der Waals surface area contributed by atoms with E-state index in [9.17, 15) is 14.7 Å². The van der Waals surface area contributed by atoms with Crippen LogP contribution in [0.15, 0.2) is 24.3 Å². The molecule has 0 heterocycles. The molecule has 1 aromatic rings. The number of hydrogen-bond donors (Lipinski definition) is 2. The van der Waals surface area contributed by atoms with Crippen LogP contribution >= 0.6 is 11.6 Å². The summed E-state index contributed by atoms with van der Waals surface area (Å²) in [6.07, 6.45) is 4.94. The molecule has 0 atom stereocenters. The molecular formula is C17H20ClNO3. The zero-order valence-electron chi connectivity index (χ0n) is 12.4. The van der Waals surface area contributed by atoms with E-state index in [1.807, 2.05) is 24.3 Å². The molecule has 0 spiro atoms. The molecule has 2 fully saturated rings. The van der Waals surface area contributed by atoms with Gasteiger partial charge in [-0.05, 0) is 43.4 Å². The van der Waals surface area contributed by atoms with Gasteiger partial charge in [0.25, 0.3) is 0 Å². The average Bonchev–Trinajstić information content (AvgIpc) is 3.14. The Hall–Kier alpha value is -1.55. The number of rotatable bonds is 5. The van der Waals surface area contributed by atoms with Gasteiger partial charge in [-0.3, -0.25) is 9.59 Å². The van der Waals surface area contributed by atoms with Gasteiger partial charge in [-0.15, -0.1) is 0 Å². The molecule has 0 radical (unpaired) electrons. The molecular weight excluding hydrogens is 302 g/mol. The molecule has 1 aromatic carbocycles. The first kappa shape index (κ1) is 15.3. The van der Waals surface area contributed by atoms with Gasteiger partial charge >= 0.3 is 5.97 Å². The van der Waals surface area contributed by atoms with E-state index in [-0.39, 0.29) is 12.5 Å². The quantitative estimate of drug-likeness (QED) is 0.875. The van der Waals surface area contributed by atoms with Crippen molar-refractivity contribution in [2.75, 3.05) is 6.54 Å². The van der Waals surface area contributed by atoms with Crippen LogP contribution < -0.4 is 5.32 Å². The number of halogens is 1. The molecule has 4 nitrogen and oxygen atoms in total. The van der Waals surface area contributed by atoms with Gasteiger partial charge in [0.2, 0.25) is 5.91 Å². The number of nitrogens with one attached hydrogen (secondary N) is 1. The molecule has 118 valence electrons. The summed E-state index contributed by atoms with van der Waals surface area (Å²) in [5, 5.41) is 12.8. The predicted octanol–water partition coefficient (Wildman–Crippen LogP) is 3.13. The highest BCUT2D eigenvalue weighted by Crippen LogP contribution is 2.46. The number of carboxylic acid groups (broad SMARTS) is 1. The van der Waals surface area contributed by atoms with Crippen LogP contribution in [0.4, 0.5) is 0 Å². The van der Waals surface area contributed by atoms with E-state index < -0.39 is 16.8 Å². The van der Waals surface area contributed by atoms with Crippen molar-refractivity contribution in [2.45, 2.75) is 43.9 Å². The van der Waals surface area contributed by atoms with Crippen molar-refractivity contribution < 1.29 is 14.7 Å². The molecule has 1 amide bonds. The lowest BCUT2D eigenvalue weighted by molar-refractivity contribution is -0.143. The van der Waals surface area contributed by atoms with E-state index in [4.69, 9.17) is 11.6 Å². The first-order chi connectivity index (χ1) is 10.5. The van der Waals surface area contributed by atoms with Crippen molar-refractivity contribution in [3.63, 3.8) is 0 Å². The van der Waals surface area contributed by atoms with Crippen LogP contribution in [0, 0.1) is 5.41 Å². The van der Waals surface area contributed by atoms with E-state index in [2.05, 4.69) is 5.32 Å². The molecule has 2 N–H and O–H groups in total. The third-order valence-corrected chi connectivity index (χ3v) is 5.44. The molecule has 0 bridgehead atoms. The van der Waals surface area contributed by atoms with Gasteiger partial charge in [0.15, 0.2) is 0 Å². The minimum Gasteiger partial charge on any atom is -0.481 e. The third kappa shape index (κ3) is 2.60. The fraction of sp³-hybridized carbons (Fsp3) is 0.529. The van der Waals surface area contributed by atoms with Crippen molar-refractivity contribution in [3.05, 3.63) is 34.9 Å². The molecule has 2 saturated carbocycles. The Labute approximate surface area is 134 Å². The highest BCUT2D eigenvalue weighted by atomic mass is 35.5. The summed E-state index contributed by atoms with van der Waals surface area (Å²) >= 11 is 5.94. The van der Waals surface area contributed by atoms with E-state index in [1.165, 1.54) is 0 Å². The van der Waals surface area contributed by atoms with Crippen LogP contribution in [0.2, 0.25) is 5.02 Å². The fourth-order valence-electron chi connectivity index (χ4n) is 3.43. The van der Waals surface area contributed by atoms with Gasteiger partial charge in [0.05, 0.1) is 10.8 Å². The highest BCUT2D eigenvalue weighted by molar-refractivity contribution is 6.30. The minimum atomic E-state index is -0.806. The fourth-order valence-corrected chi connectivity index (χ4v) is 3.56. The highest BCUT2D eigenvalue weighted by Gasteiger charge is 2.51. The Balaban J connectivity index is 1.77. The van der Waals surface area contributed by atoms with Crippen molar-refractivity contribution in [1.82, 2.24) is 5.32 Å². The number of carbonyl (C=O) groups is 2. The standard InChI is InChI=1S/C17H20ClNO3/c18-13-5-3-12(4-6-13)17(7-1-2-8-17)14(20)19-11-16(9-10-16)15(21)22/h3-6H,1-2,7-11H2,(H,19,20)(H,21,22). The summed E-state index contributed by atoms with van der Waals surface area (Å²) in [6, 6.07) is 7.45. The summed E-state index contributed by atoms with van der Waals surface area (Å²) in [5.41, 5.74) is -0.277. The Morgan fingerprint density at radius 1 is 1.09 bits per heavy atom. The van der Waals surface area contributed by atoms with E-state index in [0.29, 0.717) is 17.9 Å².